The van der Waals surface area contributed by atoms with Gasteiger partial charge in [-0.1, -0.05) is 24.3 Å². The normalized spacial score (nSPS) is 15.7. The third-order valence-electron chi connectivity index (χ3n) is 4.67. The Morgan fingerprint density at radius 3 is 2.48 bits per heavy atom. The van der Waals surface area contributed by atoms with Gasteiger partial charge in [0.15, 0.2) is 0 Å². The molecule has 1 atom stereocenters. The summed E-state index contributed by atoms with van der Waals surface area (Å²) in [5.41, 5.74) is 0.631. The van der Waals surface area contributed by atoms with Crippen molar-refractivity contribution in [2.45, 2.75) is 24.2 Å². The van der Waals surface area contributed by atoms with E-state index in [9.17, 15) is 13.2 Å². The first-order chi connectivity index (χ1) is 13.9. The van der Waals surface area contributed by atoms with E-state index in [0.29, 0.717) is 29.3 Å². The van der Waals surface area contributed by atoms with E-state index in [0.717, 1.165) is 12.8 Å². The summed E-state index contributed by atoms with van der Waals surface area (Å²) in [4.78, 5) is 12.4. The molecule has 0 radical (unpaired) electrons. The molecular weight excluding hydrogens is 392 g/mol. The number of benzene rings is 2. The van der Waals surface area contributed by atoms with E-state index < -0.39 is 10.0 Å². The molecule has 0 aromatic heterocycles. The number of para-hydroxylation sites is 2. The fraction of sp³-hybridized carbons (Fsp3) is 0.286. The van der Waals surface area contributed by atoms with Crippen LogP contribution in [0.15, 0.2) is 59.5 Å². The van der Waals surface area contributed by atoms with Gasteiger partial charge in [-0.25, -0.2) is 8.42 Å². The molecule has 3 rings (SSSR count). The third-order valence-corrected chi connectivity index (χ3v) is 6.03. The van der Waals surface area contributed by atoms with Gasteiger partial charge in [0, 0.05) is 6.42 Å². The van der Waals surface area contributed by atoms with Gasteiger partial charge in [-0.3, -0.25) is 9.52 Å². The van der Waals surface area contributed by atoms with Crippen LogP contribution < -0.4 is 19.5 Å². The zero-order chi connectivity index (χ0) is 20.9. The van der Waals surface area contributed by atoms with Gasteiger partial charge in [0.25, 0.3) is 10.0 Å². The van der Waals surface area contributed by atoms with Crippen molar-refractivity contribution in [1.82, 2.24) is 0 Å². The van der Waals surface area contributed by atoms with Crippen LogP contribution in [0.3, 0.4) is 0 Å². The Labute approximate surface area is 170 Å². The zero-order valence-electron chi connectivity index (χ0n) is 16.3. The van der Waals surface area contributed by atoms with Gasteiger partial charge >= 0.3 is 0 Å². The second-order valence-electron chi connectivity index (χ2n) is 6.69. The van der Waals surface area contributed by atoms with Crippen LogP contribution in [0, 0.1) is 5.92 Å². The number of methoxy groups -OCH3 is 2. The highest BCUT2D eigenvalue weighted by Gasteiger charge is 2.20. The topological polar surface area (TPSA) is 93.7 Å². The fourth-order valence-corrected chi connectivity index (χ4v) is 4.29. The number of hydrogen-bond donors (Lipinski definition) is 2. The average Bonchev–Trinajstić information content (AvgIpc) is 3.21. The van der Waals surface area contributed by atoms with E-state index in [1.165, 1.54) is 32.4 Å². The smallest absolute Gasteiger partial charge is 0.262 e. The SMILES string of the molecule is COc1ccc(S(=O)(=O)Nc2ccccc2OC)cc1NC(=O)C[C@H]1C=CCC1. The monoisotopic (exact) mass is 416 g/mol. The molecule has 7 nitrogen and oxygen atoms in total. The van der Waals surface area contributed by atoms with Gasteiger partial charge in [-0.15, -0.1) is 0 Å². The molecule has 1 amide bonds. The Morgan fingerprint density at radius 2 is 1.79 bits per heavy atom. The molecule has 1 aliphatic rings. The Hall–Kier alpha value is -3.00. The highest BCUT2D eigenvalue weighted by molar-refractivity contribution is 7.92. The van der Waals surface area contributed by atoms with Crippen LogP contribution in [0.25, 0.3) is 0 Å². The Bertz CT molecular complexity index is 1020. The van der Waals surface area contributed by atoms with E-state index in [1.807, 2.05) is 6.08 Å². The minimum atomic E-state index is -3.90. The summed E-state index contributed by atoms with van der Waals surface area (Å²) >= 11 is 0. The molecular formula is C21H24N2O5S. The quantitative estimate of drug-likeness (QED) is 0.639. The highest BCUT2D eigenvalue weighted by Crippen LogP contribution is 2.31. The van der Waals surface area contributed by atoms with Crippen LogP contribution >= 0.6 is 0 Å². The lowest BCUT2D eigenvalue weighted by Gasteiger charge is -2.15. The third kappa shape index (κ3) is 5.08. The molecule has 2 N–H and O–H groups in total. The lowest BCUT2D eigenvalue weighted by atomic mass is 10.1. The van der Waals surface area contributed by atoms with Gasteiger partial charge in [0.2, 0.25) is 5.91 Å². The zero-order valence-corrected chi connectivity index (χ0v) is 17.2. The Morgan fingerprint density at radius 1 is 1.07 bits per heavy atom. The maximum absolute atomic E-state index is 12.9. The molecule has 154 valence electrons. The number of anilines is 2. The van der Waals surface area contributed by atoms with Crippen molar-refractivity contribution in [2.75, 3.05) is 24.3 Å². The van der Waals surface area contributed by atoms with E-state index in [4.69, 9.17) is 9.47 Å². The first-order valence-electron chi connectivity index (χ1n) is 9.23. The summed E-state index contributed by atoms with van der Waals surface area (Å²) in [5.74, 6) is 0.812. The molecule has 0 unspecified atom stereocenters. The summed E-state index contributed by atoms with van der Waals surface area (Å²) in [7, 11) is -0.969. The standard InChI is InChI=1S/C21H24N2O5S/c1-27-19-10-6-5-9-17(19)23-29(25,26)16-11-12-20(28-2)18(14-16)22-21(24)13-15-7-3-4-8-15/h3,5-7,9-12,14-15,23H,4,8,13H2,1-2H3,(H,22,24)/t15-/m0/s1. The number of carbonyl (C=O) groups is 1. The number of nitrogens with one attached hydrogen (secondary N) is 2. The van der Waals surface area contributed by atoms with Gasteiger partial charge in [0.1, 0.15) is 11.5 Å². The molecule has 0 spiro atoms. The van der Waals surface area contributed by atoms with Crippen molar-refractivity contribution < 1.29 is 22.7 Å². The molecule has 29 heavy (non-hydrogen) atoms. The van der Waals surface area contributed by atoms with Crippen molar-refractivity contribution >= 4 is 27.3 Å². The molecule has 8 heteroatoms. The van der Waals surface area contributed by atoms with E-state index in [1.54, 1.807) is 24.3 Å². The van der Waals surface area contributed by atoms with Crippen LogP contribution in [0.4, 0.5) is 11.4 Å². The molecule has 2 aromatic rings. The lowest BCUT2D eigenvalue weighted by Crippen LogP contribution is -2.17. The summed E-state index contributed by atoms with van der Waals surface area (Å²) in [6.07, 6.45) is 6.37. The van der Waals surface area contributed by atoms with Crippen LogP contribution in [-0.4, -0.2) is 28.5 Å². The maximum Gasteiger partial charge on any atom is 0.262 e. The van der Waals surface area contributed by atoms with Crippen LogP contribution in [-0.2, 0) is 14.8 Å². The largest absolute Gasteiger partial charge is 0.495 e. The Balaban J connectivity index is 1.82. The van der Waals surface area contributed by atoms with Crippen LogP contribution in [0.5, 0.6) is 11.5 Å². The molecule has 0 saturated carbocycles. The average molecular weight is 416 g/mol. The summed E-state index contributed by atoms with van der Waals surface area (Å²) in [6, 6.07) is 11.0. The molecule has 0 bridgehead atoms. The minimum absolute atomic E-state index is 0.000248. The summed E-state index contributed by atoms with van der Waals surface area (Å²) in [6.45, 7) is 0. The van der Waals surface area contributed by atoms with Crippen molar-refractivity contribution in [3.63, 3.8) is 0 Å². The lowest BCUT2D eigenvalue weighted by molar-refractivity contribution is -0.116. The first kappa shape index (κ1) is 20.7. The van der Waals surface area contributed by atoms with E-state index in [2.05, 4.69) is 16.1 Å². The molecule has 0 aliphatic heterocycles. The molecule has 0 saturated heterocycles. The van der Waals surface area contributed by atoms with Crippen molar-refractivity contribution in [3.8, 4) is 11.5 Å². The number of ether oxygens (including phenoxy) is 2. The first-order valence-corrected chi connectivity index (χ1v) is 10.7. The number of hydrogen-bond acceptors (Lipinski definition) is 5. The minimum Gasteiger partial charge on any atom is -0.495 e. The number of carbonyl (C=O) groups excluding carboxylic acids is 1. The Kier molecular flexibility index (Phi) is 6.43. The van der Waals surface area contributed by atoms with E-state index >= 15 is 0 Å². The highest BCUT2D eigenvalue weighted by atomic mass is 32.2. The summed E-state index contributed by atoms with van der Waals surface area (Å²) in [5, 5.41) is 2.77. The van der Waals surface area contributed by atoms with Crippen LogP contribution in [0.2, 0.25) is 0 Å². The second-order valence-corrected chi connectivity index (χ2v) is 8.37. The predicted octanol–water partition coefficient (Wildman–Crippen LogP) is 3.80. The van der Waals surface area contributed by atoms with Gasteiger partial charge in [-0.05, 0) is 49.1 Å². The predicted molar refractivity (Wildman–Crippen MR) is 112 cm³/mol. The van der Waals surface area contributed by atoms with Crippen molar-refractivity contribution in [3.05, 3.63) is 54.6 Å². The second kappa shape index (κ2) is 9.00. The summed E-state index contributed by atoms with van der Waals surface area (Å²) < 4.78 is 38.7. The number of sulfonamides is 1. The van der Waals surface area contributed by atoms with Crippen molar-refractivity contribution in [2.24, 2.45) is 5.92 Å². The van der Waals surface area contributed by atoms with E-state index in [-0.39, 0.29) is 16.7 Å². The van der Waals surface area contributed by atoms with Gasteiger partial charge in [0.05, 0.1) is 30.5 Å². The molecule has 2 aromatic carbocycles. The number of amides is 1. The number of rotatable bonds is 8. The number of allylic oxidation sites excluding steroid dienone is 2. The van der Waals surface area contributed by atoms with Crippen molar-refractivity contribution in [1.29, 1.82) is 0 Å². The molecule has 1 aliphatic carbocycles. The maximum atomic E-state index is 12.9. The van der Waals surface area contributed by atoms with Crippen LogP contribution in [0.1, 0.15) is 19.3 Å². The van der Waals surface area contributed by atoms with Gasteiger partial charge < -0.3 is 14.8 Å². The fourth-order valence-electron chi connectivity index (χ4n) is 3.19. The van der Waals surface area contributed by atoms with Gasteiger partial charge in [-0.2, -0.15) is 0 Å². The molecule has 0 fully saturated rings. The molecule has 0 heterocycles.